The Labute approximate surface area is 309 Å². The second-order valence-electron chi connectivity index (χ2n) is 12.7. The number of imidazole rings is 1. The highest BCUT2D eigenvalue weighted by atomic mass is 35.5. The zero-order valence-electron chi connectivity index (χ0n) is 28.7. The normalized spacial score (nSPS) is 12.2. The van der Waals surface area contributed by atoms with Crippen molar-refractivity contribution in [1.29, 1.82) is 5.26 Å². The van der Waals surface area contributed by atoms with E-state index in [9.17, 15) is 4.79 Å². The first-order valence-electron chi connectivity index (χ1n) is 16.5. The maximum absolute atomic E-state index is 13.7. The van der Waals surface area contributed by atoms with Gasteiger partial charge in [0.15, 0.2) is 5.11 Å². The van der Waals surface area contributed by atoms with E-state index in [1.165, 1.54) is 0 Å². The molecule has 4 aromatic carbocycles. The number of carbonyl (C=O) groups excluding carboxylic acids is 1. The summed E-state index contributed by atoms with van der Waals surface area (Å²) < 4.78 is 1.96. The molecule has 5 aromatic rings. The predicted octanol–water partition coefficient (Wildman–Crippen LogP) is 8.30. The maximum atomic E-state index is 13.7. The number of hydrogen-bond acceptors (Lipinski definition) is 5. The van der Waals surface area contributed by atoms with Gasteiger partial charge in [-0.05, 0) is 59.6 Å². The number of aromatic nitrogens is 2. The van der Waals surface area contributed by atoms with Gasteiger partial charge in [0.05, 0.1) is 34.4 Å². The van der Waals surface area contributed by atoms with Crippen molar-refractivity contribution in [2.75, 3.05) is 30.9 Å². The molecule has 8 nitrogen and oxygen atoms in total. The fourth-order valence-corrected chi connectivity index (χ4v) is 6.53. The molecule has 2 atom stereocenters. The molecule has 5 rings (SSSR count). The minimum Gasteiger partial charge on any atom is -0.377 e. The van der Waals surface area contributed by atoms with Crippen LogP contribution in [0, 0.1) is 17.2 Å². The molecule has 0 saturated heterocycles. The van der Waals surface area contributed by atoms with Crippen LogP contribution in [-0.2, 0) is 24.3 Å². The van der Waals surface area contributed by atoms with Crippen molar-refractivity contribution >= 4 is 68.6 Å². The molecule has 0 aliphatic rings. The van der Waals surface area contributed by atoms with E-state index in [0.29, 0.717) is 40.4 Å². The fourth-order valence-electron chi connectivity index (χ4n) is 5.90. The molecule has 1 amide bonds. The Bertz CT molecular complexity index is 2000. The third-order valence-corrected chi connectivity index (χ3v) is 10.2. The first-order valence-corrected chi connectivity index (χ1v) is 17.7. The van der Waals surface area contributed by atoms with Gasteiger partial charge in [0.2, 0.25) is 5.91 Å². The van der Waals surface area contributed by atoms with Crippen LogP contribution in [0.4, 0.5) is 11.4 Å². The Hall–Kier alpha value is -4.62. The quantitative estimate of drug-likeness (QED) is 0.118. The molecule has 11 heteroatoms. The number of rotatable bonds is 13. The zero-order valence-corrected chi connectivity index (χ0v) is 31.0. The summed E-state index contributed by atoms with van der Waals surface area (Å²) in [5.41, 5.74) is 5.24. The van der Waals surface area contributed by atoms with E-state index >= 15 is 0 Å². The van der Waals surface area contributed by atoms with Crippen LogP contribution in [0.1, 0.15) is 42.7 Å². The van der Waals surface area contributed by atoms with E-state index in [2.05, 4.69) is 58.6 Å². The lowest BCUT2D eigenvalue weighted by molar-refractivity contribution is -0.121. The topological polar surface area (TPSA) is 89.2 Å². The summed E-state index contributed by atoms with van der Waals surface area (Å²) in [5, 5.41) is 19.6. The summed E-state index contributed by atoms with van der Waals surface area (Å²) in [6, 6.07) is 27.3. The molecular weight excluding hydrogens is 685 g/mol. The first kappa shape index (κ1) is 36.7. The molecule has 1 heterocycles. The van der Waals surface area contributed by atoms with E-state index in [4.69, 9.17) is 40.7 Å². The molecule has 0 unspecified atom stereocenters. The summed E-state index contributed by atoms with van der Waals surface area (Å²) >= 11 is 19.2. The average molecular weight is 727 g/mol. The van der Waals surface area contributed by atoms with Crippen LogP contribution < -0.4 is 15.5 Å². The number of amides is 1. The second kappa shape index (κ2) is 16.9. The van der Waals surface area contributed by atoms with E-state index in [0.717, 1.165) is 45.4 Å². The molecule has 0 saturated carbocycles. The van der Waals surface area contributed by atoms with Crippen LogP contribution >= 0.6 is 35.4 Å². The third kappa shape index (κ3) is 8.94. The minimum atomic E-state index is -0.229. The van der Waals surface area contributed by atoms with E-state index in [-0.39, 0.29) is 24.3 Å². The number of nitriles is 1. The van der Waals surface area contributed by atoms with Gasteiger partial charge >= 0.3 is 0 Å². The lowest BCUT2D eigenvalue weighted by Crippen LogP contribution is -2.50. The molecule has 0 aliphatic carbocycles. The van der Waals surface area contributed by atoms with Crippen LogP contribution in [-0.4, -0.2) is 52.2 Å². The Balaban J connectivity index is 1.38. The van der Waals surface area contributed by atoms with Crippen LogP contribution in [0.5, 0.6) is 0 Å². The van der Waals surface area contributed by atoms with Gasteiger partial charge in [0.1, 0.15) is 0 Å². The lowest BCUT2D eigenvalue weighted by atomic mass is 9.98. The molecule has 2 N–H and O–H groups in total. The smallest absolute Gasteiger partial charge is 0.226 e. The average Bonchev–Trinajstić information content (AvgIpc) is 3.54. The minimum absolute atomic E-state index is 0.109. The molecule has 0 aliphatic heterocycles. The number of thiocarbonyl (C=S) groups is 1. The summed E-state index contributed by atoms with van der Waals surface area (Å²) in [7, 11) is 4.06. The van der Waals surface area contributed by atoms with Crippen molar-refractivity contribution in [2.45, 2.75) is 45.8 Å². The number of benzene rings is 4. The van der Waals surface area contributed by atoms with Gasteiger partial charge in [-0.25, -0.2) is 4.98 Å². The summed E-state index contributed by atoms with van der Waals surface area (Å²) in [6.07, 6.45) is 4.46. The second-order valence-corrected chi connectivity index (χ2v) is 13.8. The zero-order chi connectivity index (χ0) is 35.8. The van der Waals surface area contributed by atoms with Crippen molar-refractivity contribution in [3.05, 3.63) is 124 Å². The number of hydrogen-bond donors (Lipinski definition) is 2. The van der Waals surface area contributed by atoms with Crippen molar-refractivity contribution in [1.82, 2.24) is 19.8 Å². The summed E-state index contributed by atoms with van der Waals surface area (Å²) in [4.78, 5) is 22.1. The Morgan fingerprint density at radius 2 is 1.76 bits per heavy atom. The van der Waals surface area contributed by atoms with Gasteiger partial charge in [-0.1, -0.05) is 92.0 Å². The molecule has 50 heavy (non-hydrogen) atoms. The van der Waals surface area contributed by atoms with Gasteiger partial charge in [-0.15, -0.1) is 0 Å². The molecule has 1 aromatic heterocycles. The van der Waals surface area contributed by atoms with E-state index in [1.54, 1.807) is 30.7 Å². The standard InChI is InChI=1S/C39H41Cl2N7OS/c1-5-26(2)35(44-37(49)19-30-21-43-25-48(30)22-28-15-13-27(20-42)14-16-28)24-47(23-29-9-8-12-33(40)38(29)41)39(50)45-34-17-18-36(46(3)4)32-11-7-6-10-31(32)34/h6-18,21,25-26,35H,5,19,22-24H2,1-4H3,(H,44,49)(H,45,50)/t26-,35+/m0/s1. The summed E-state index contributed by atoms with van der Waals surface area (Å²) in [5.74, 6) is 0.0320. The molecular formula is C39H41Cl2N7OS. The van der Waals surface area contributed by atoms with Crippen molar-refractivity contribution in [3.63, 3.8) is 0 Å². The highest BCUT2D eigenvalue weighted by Gasteiger charge is 2.25. The van der Waals surface area contributed by atoms with Gasteiger partial charge in [0, 0.05) is 73.8 Å². The maximum Gasteiger partial charge on any atom is 0.226 e. The van der Waals surface area contributed by atoms with Gasteiger partial charge in [-0.3, -0.25) is 4.79 Å². The SMILES string of the molecule is CC[C@H](C)[C@@H](CN(Cc1cccc(Cl)c1Cl)C(=S)Nc1ccc(N(C)C)c2ccccc12)NC(=O)Cc1cncn1Cc1ccc(C#N)cc1. The highest BCUT2D eigenvalue weighted by Crippen LogP contribution is 2.32. The number of carbonyl (C=O) groups is 1. The monoisotopic (exact) mass is 725 g/mol. The van der Waals surface area contributed by atoms with Crippen LogP contribution in [0.3, 0.4) is 0 Å². The number of anilines is 2. The van der Waals surface area contributed by atoms with Gasteiger partial charge < -0.3 is 25.0 Å². The van der Waals surface area contributed by atoms with E-state index < -0.39 is 0 Å². The number of fused-ring (bicyclic) bond motifs is 1. The molecule has 0 bridgehead atoms. The largest absolute Gasteiger partial charge is 0.377 e. The van der Waals surface area contributed by atoms with Crippen molar-refractivity contribution in [2.24, 2.45) is 5.92 Å². The Morgan fingerprint density at radius 3 is 2.46 bits per heavy atom. The first-order chi connectivity index (χ1) is 24.1. The van der Waals surface area contributed by atoms with Crippen LogP contribution in [0.15, 0.2) is 91.4 Å². The van der Waals surface area contributed by atoms with Crippen LogP contribution in [0.2, 0.25) is 10.0 Å². The van der Waals surface area contributed by atoms with Crippen molar-refractivity contribution in [3.8, 4) is 6.07 Å². The molecule has 0 spiro atoms. The number of halogens is 2. The fraction of sp³-hybridized carbons (Fsp3) is 0.282. The predicted molar refractivity (Wildman–Crippen MR) is 209 cm³/mol. The Morgan fingerprint density at radius 1 is 1.02 bits per heavy atom. The highest BCUT2D eigenvalue weighted by molar-refractivity contribution is 7.80. The van der Waals surface area contributed by atoms with Gasteiger partial charge in [0.25, 0.3) is 0 Å². The van der Waals surface area contributed by atoms with E-state index in [1.807, 2.05) is 66.0 Å². The molecule has 0 radical (unpaired) electrons. The molecule has 0 fully saturated rings. The number of nitrogens with one attached hydrogen (secondary N) is 2. The lowest BCUT2D eigenvalue weighted by Gasteiger charge is -2.33. The third-order valence-electron chi connectivity index (χ3n) is 8.97. The van der Waals surface area contributed by atoms with Crippen molar-refractivity contribution < 1.29 is 4.79 Å². The summed E-state index contributed by atoms with van der Waals surface area (Å²) in [6.45, 7) is 5.62. The number of nitrogens with zero attached hydrogens (tertiary/aromatic N) is 5. The van der Waals surface area contributed by atoms with Gasteiger partial charge in [-0.2, -0.15) is 5.26 Å². The van der Waals surface area contributed by atoms with Crippen LogP contribution in [0.25, 0.3) is 10.8 Å². The molecule has 258 valence electrons. The Kier molecular flexibility index (Phi) is 12.4.